The number of ether oxygens (including phenoxy) is 1. The maximum Gasteiger partial charge on any atom is 0.242 e. The van der Waals surface area contributed by atoms with Crippen LogP contribution < -0.4 is 10.0 Å². The number of benzene rings is 1. The summed E-state index contributed by atoms with van der Waals surface area (Å²) in [6, 6.07) is 7.01. The zero-order valence-corrected chi connectivity index (χ0v) is 13.3. The monoisotopic (exact) mass is 312 g/mol. The summed E-state index contributed by atoms with van der Waals surface area (Å²) in [4.78, 5) is 0.311. The van der Waals surface area contributed by atoms with Gasteiger partial charge in [-0.25, -0.2) is 13.1 Å². The molecule has 0 radical (unpaired) electrons. The van der Waals surface area contributed by atoms with Gasteiger partial charge in [-0.3, -0.25) is 0 Å². The van der Waals surface area contributed by atoms with Gasteiger partial charge in [0.25, 0.3) is 0 Å². The molecule has 1 aliphatic rings. The Morgan fingerprint density at radius 3 is 2.81 bits per heavy atom. The van der Waals surface area contributed by atoms with Gasteiger partial charge in [0.1, 0.15) is 4.90 Å². The molecule has 21 heavy (non-hydrogen) atoms. The molecule has 0 bridgehead atoms. The van der Waals surface area contributed by atoms with Gasteiger partial charge in [0, 0.05) is 19.7 Å². The van der Waals surface area contributed by atoms with Crippen LogP contribution in [0.5, 0.6) is 0 Å². The van der Waals surface area contributed by atoms with Gasteiger partial charge in [0.15, 0.2) is 0 Å². The predicted octanol–water partition coefficient (Wildman–Crippen LogP) is 2.36. The molecule has 0 spiro atoms. The van der Waals surface area contributed by atoms with E-state index in [-0.39, 0.29) is 6.10 Å². The fourth-order valence-corrected chi connectivity index (χ4v) is 3.64. The molecule has 1 aromatic carbocycles. The van der Waals surface area contributed by atoms with Crippen LogP contribution in [0.1, 0.15) is 32.6 Å². The number of hydrogen-bond donors (Lipinski definition) is 2. The molecule has 1 saturated heterocycles. The molecule has 0 saturated carbocycles. The van der Waals surface area contributed by atoms with Crippen LogP contribution in [0, 0.1) is 0 Å². The minimum absolute atomic E-state index is 0.196. The number of sulfonamides is 1. The maximum atomic E-state index is 12.4. The van der Waals surface area contributed by atoms with E-state index in [0.29, 0.717) is 17.1 Å². The lowest BCUT2D eigenvalue weighted by Gasteiger charge is -2.14. The fourth-order valence-electron chi connectivity index (χ4n) is 2.41. The van der Waals surface area contributed by atoms with Crippen LogP contribution >= 0.6 is 0 Å². The SMILES string of the molecule is CCCNc1ccccc1S(=O)(=O)NCCC1CCCO1. The van der Waals surface area contributed by atoms with Gasteiger partial charge < -0.3 is 10.1 Å². The summed E-state index contributed by atoms with van der Waals surface area (Å²) >= 11 is 0. The molecule has 2 N–H and O–H groups in total. The van der Waals surface area contributed by atoms with Crippen LogP contribution in [-0.4, -0.2) is 34.2 Å². The van der Waals surface area contributed by atoms with Gasteiger partial charge >= 0.3 is 0 Å². The van der Waals surface area contributed by atoms with Gasteiger partial charge in [0.2, 0.25) is 10.0 Å². The van der Waals surface area contributed by atoms with Gasteiger partial charge in [-0.1, -0.05) is 19.1 Å². The summed E-state index contributed by atoms with van der Waals surface area (Å²) in [6.07, 6.45) is 3.96. The van der Waals surface area contributed by atoms with Gasteiger partial charge in [-0.05, 0) is 37.8 Å². The quantitative estimate of drug-likeness (QED) is 0.773. The van der Waals surface area contributed by atoms with Crippen LogP contribution in [0.3, 0.4) is 0 Å². The lowest BCUT2D eigenvalue weighted by Crippen LogP contribution is -2.28. The summed E-state index contributed by atoms with van der Waals surface area (Å²) in [5, 5.41) is 3.16. The second-order valence-corrected chi connectivity index (χ2v) is 6.98. The standard InChI is InChI=1S/C15H24N2O3S/c1-2-10-16-14-7-3-4-8-15(14)21(18,19)17-11-9-13-6-5-12-20-13/h3-4,7-8,13,16-17H,2,5-6,9-12H2,1H3. The normalized spacial score (nSPS) is 18.8. The molecule has 6 heteroatoms. The van der Waals surface area contributed by atoms with Crippen LogP contribution in [0.15, 0.2) is 29.2 Å². The molecular formula is C15H24N2O3S. The van der Waals surface area contributed by atoms with Gasteiger partial charge in [-0.2, -0.15) is 0 Å². The van der Waals surface area contributed by atoms with Crippen molar-refractivity contribution < 1.29 is 13.2 Å². The Balaban J connectivity index is 1.97. The van der Waals surface area contributed by atoms with Gasteiger partial charge in [-0.15, -0.1) is 0 Å². The zero-order valence-electron chi connectivity index (χ0n) is 12.5. The van der Waals surface area contributed by atoms with Crippen molar-refractivity contribution in [3.8, 4) is 0 Å². The Hall–Kier alpha value is -1.11. The first-order chi connectivity index (χ1) is 10.1. The van der Waals surface area contributed by atoms with Crippen molar-refractivity contribution in [2.24, 2.45) is 0 Å². The van der Waals surface area contributed by atoms with Crippen molar-refractivity contribution in [3.63, 3.8) is 0 Å². The second-order valence-electron chi connectivity index (χ2n) is 5.24. The van der Waals surface area contributed by atoms with E-state index in [9.17, 15) is 8.42 Å². The van der Waals surface area contributed by atoms with Crippen molar-refractivity contribution in [1.29, 1.82) is 0 Å². The first kappa shape index (κ1) is 16.3. The first-order valence-corrected chi connectivity index (χ1v) is 9.06. The van der Waals surface area contributed by atoms with E-state index in [2.05, 4.69) is 10.0 Å². The highest BCUT2D eigenvalue weighted by atomic mass is 32.2. The Morgan fingerprint density at radius 2 is 2.10 bits per heavy atom. The first-order valence-electron chi connectivity index (χ1n) is 7.57. The zero-order chi connectivity index (χ0) is 15.1. The number of anilines is 1. The number of para-hydroxylation sites is 1. The van der Waals surface area contributed by atoms with Crippen molar-refractivity contribution in [1.82, 2.24) is 4.72 Å². The molecule has 118 valence electrons. The maximum absolute atomic E-state index is 12.4. The molecule has 0 amide bonds. The molecule has 2 rings (SSSR count). The van der Waals surface area contributed by atoms with E-state index in [0.717, 1.165) is 38.8 Å². The smallest absolute Gasteiger partial charge is 0.242 e. The average molecular weight is 312 g/mol. The van der Waals surface area contributed by atoms with E-state index in [1.54, 1.807) is 18.2 Å². The van der Waals surface area contributed by atoms with Crippen molar-refractivity contribution in [3.05, 3.63) is 24.3 Å². The third-order valence-electron chi connectivity index (χ3n) is 3.52. The van der Waals surface area contributed by atoms with Crippen molar-refractivity contribution >= 4 is 15.7 Å². The summed E-state index contributed by atoms with van der Waals surface area (Å²) in [5.74, 6) is 0. The van der Waals surface area contributed by atoms with Crippen LogP contribution in [0.2, 0.25) is 0 Å². The Kier molecular flexibility index (Phi) is 6.02. The molecule has 0 aliphatic carbocycles. The largest absolute Gasteiger partial charge is 0.384 e. The molecule has 1 atom stereocenters. The second kappa shape index (κ2) is 7.77. The molecule has 5 nitrogen and oxygen atoms in total. The predicted molar refractivity (Wildman–Crippen MR) is 84.0 cm³/mol. The van der Waals surface area contributed by atoms with E-state index >= 15 is 0 Å². The number of rotatable bonds is 8. The lowest BCUT2D eigenvalue weighted by atomic mass is 10.2. The number of nitrogens with one attached hydrogen (secondary N) is 2. The highest BCUT2D eigenvalue weighted by Crippen LogP contribution is 2.21. The Labute approximate surface area is 127 Å². The summed E-state index contributed by atoms with van der Waals surface area (Å²) < 4.78 is 33.0. The summed E-state index contributed by atoms with van der Waals surface area (Å²) in [7, 11) is -3.48. The third kappa shape index (κ3) is 4.69. The van der Waals surface area contributed by atoms with E-state index in [4.69, 9.17) is 4.74 Å². The molecule has 1 aliphatic heterocycles. The Bertz CT molecular complexity index is 540. The highest BCUT2D eigenvalue weighted by Gasteiger charge is 2.20. The minimum Gasteiger partial charge on any atom is -0.384 e. The third-order valence-corrected chi connectivity index (χ3v) is 5.04. The lowest BCUT2D eigenvalue weighted by molar-refractivity contribution is 0.105. The van der Waals surface area contributed by atoms with Crippen LogP contribution in [0.4, 0.5) is 5.69 Å². The molecule has 1 fully saturated rings. The topological polar surface area (TPSA) is 67.4 Å². The van der Waals surface area contributed by atoms with E-state index < -0.39 is 10.0 Å². The molecular weight excluding hydrogens is 288 g/mol. The molecule has 0 aromatic heterocycles. The molecule has 1 unspecified atom stereocenters. The van der Waals surface area contributed by atoms with E-state index in [1.807, 2.05) is 13.0 Å². The number of hydrogen-bond acceptors (Lipinski definition) is 4. The minimum atomic E-state index is -3.48. The fraction of sp³-hybridized carbons (Fsp3) is 0.600. The van der Waals surface area contributed by atoms with Crippen molar-refractivity contribution in [2.75, 3.05) is 25.0 Å². The summed E-state index contributed by atoms with van der Waals surface area (Å²) in [6.45, 7) is 4.00. The van der Waals surface area contributed by atoms with Crippen molar-refractivity contribution in [2.45, 2.75) is 43.6 Å². The summed E-state index contributed by atoms with van der Waals surface area (Å²) in [5.41, 5.74) is 0.656. The van der Waals surface area contributed by atoms with Gasteiger partial charge in [0.05, 0.1) is 11.8 Å². The van der Waals surface area contributed by atoms with Crippen LogP contribution in [0.25, 0.3) is 0 Å². The Morgan fingerprint density at radius 1 is 1.29 bits per heavy atom. The molecule has 1 aromatic rings. The van der Waals surface area contributed by atoms with Crippen LogP contribution in [-0.2, 0) is 14.8 Å². The average Bonchev–Trinajstić information content (AvgIpc) is 2.98. The molecule has 1 heterocycles. The van der Waals surface area contributed by atoms with E-state index in [1.165, 1.54) is 0 Å². The highest BCUT2D eigenvalue weighted by molar-refractivity contribution is 7.89.